The van der Waals surface area contributed by atoms with Gasteiger partial charge in [-0.25, -0.2) is 0 Å². The molecular formula is C20H31NO2Si. The highest BCUT2D eigenvalue weighted by Gasteiger charge is 2.51. The van der Waals surface area contributed by atoms with Crippen LogP contribution in [0.25, 0.3) is 6.08 Å². The number of nitrogens with one attached hydrogen (secondary N) is 1. The summed E-state index contributed by atoms with van der Waals surface area (Å²) in [6.45, 7) is 13.5. The molecule has 132 valence electrons. The van der Waals surface area contributed by atoms with Crippen molar-refractivity contribution in [2.75, 3.05) is 0 Å². The van der Waals surface area contributed by atoms with Crippen LogP contribution in [0.5, 0.6) is 0 Å². The molecule has 1 aromatic carbocycles. The van der Waals surface area contributed by atoms with Crippen LogP contribution in [0.4, 0.5) is 0 Å². The smallest absolute Gasteiger partial charge is 0.250 e. The van der Waals surface area contributed by atoms with Crippen LogP contribution in [0, 0.1) is 0 Å². The minimum Gasteiger partial charge on any atom is -0.402 e. The zero-order valence-corrected chi connectivity index (χ0v) is 16.7. The van der Waals surface area contributed by atoms with Crippen LogP contribution in [-0.4, -0.2) is 26.4 Å². The van der Waals surface area contributed by atoms with E-state index in [-0.39, 0.29) is 18.1 Å². The molecule has 1 aliphatic heterocycles. The maximum atomic E-state index is 12.2. The second-order valence-electron chi connectivity index (χ2n) is 7.66. The fourth-order valence-electron chi connectivity index (χ4n) is 4.07. The molecule has 24 heavy (non-hydrogen) atoms. The Morgan fingerprint density at radius 3 is 2.00 bits per heavy atom. The molecule has 2 rings (SSSR count). The Hall–Kier alpha value is -1.39. The second-order valence-corrected chi connectivity index (χ2v) is 13.1. The van der Waals surface area contributed by atoms with Gasteiger partial charge in [0.15, 0.2) is 0 Å². The van der Waals surface area contributed by atoms with E-state index in [4.69, 9.17) is 4.43 Å². The van der Waals surface area contributed by atoms with Gasteiger partial charge in [-0.2, -0.15) is 0 Å². The second kappa shape index (κ2) is 7.66. The Labute approximate surface area is 147 Å². The van der Waals surface area contributed by atoms with Crippen LogP contribution < -0.4 is 5.32 Å². The maximum absolute atomic E-state index is 12.2. The van der Waals surface area contributed by atoms with Crippen molar-refractivity contribution < 1.29 is 9.22 Å². The normalized spacial score (nSPS) is 21.6. The zero-order valence-electron chi connectivity index (χ0n) is 15.7. The minimum absolute atomic E-state index is 0.0246. The van der Waals surface area contributed by atoms with Gasteiger partial charge in [-0.05, 0) is 22.2 Å². The Bertz CT molecular complexity index is 559. The summed E-state index contributed by atoms with van der Waals surface area (Å²) in [6, 6.07) is 10.1. The molecule has 0 saturated carbocycles. The van der Waals surface area contributed by atoms with Crippen LogP contribution in [0.3, 0.4) is 0 Å². The summed E-state index contributed by atoms with van der Waals surface area (Å²) >= 11 is 0. The lowest BCUT2D eigenvalue weighted by Crippen LogP contribution is -2.67. The highest BCUT2D eigenvalue weighted by molar-refractivity contribution is 6.77. The monoisotopic (exact) mass is 345 g/mol. The van der Waals surface area contributed by atoms with Gasteiger partial charge in [-0.3, -0.25) is 4.79 Å². The lowest BCUT2D eigenvalue weighted by molar-refractivity contribution is -0.139. The van der Waals surface area contributed by atoms with Gasteiger partial charge >= 0.3 is 0 Å². The molecule has 1 amide bonds. The standard InChI is InChI=1S/C20H31NO2Si/c1-14(2)24(15(3)4,16(5)6)23-19-18(21-20(19)22)13-12-17-10-8-7-9-11-17/h7-16,18-19H,1-6H3,(H,21,22)/t18-,19+/m0/s1. The topological polar surface area (TPSA) is 38.3 Å². The lowest BCUT2D eigenvalue weighted by atomic mass is 10.0. The summed E-state index contributed by atoms with van der Waals surface area (Å²) in [5.41, 5.74) is 2.57. The molecular weight excluding hydrogens is 314 g/mol. The van der Waals surface area contributed by atoms with Crippen molar-refractivity contribution >= 4 is 20.3 Å². The summed E-state index contributed by atoms with van der Waals surface area (Å²) in [7, 11) is -2.05. The first-order chi connectivity index (χ1) is 11.3. The molecule has 1 aliphatic rings. The summed E-state index contributed by atoms with van der Waals surface area (Å²) in [6.07, 6.45) is 3.77. The van der Waals surface area contributed by atoms with Crippen molar-refractivity contribution in [1.29, 1.82) is 0 Å². The Balaban J connectivity index is 2.16. The number of carbonyl (C=O) groups excluding carboxylic acids is 1. The molecule has 4 heteroatoms. The number of β-lactam (4-membered cyclic amide) rings is 1. The van der Waals surface area contributed by atoms with Crippen molar-refractivity contribution in [3.05, 3.63) is 42.0 Å². The fourth-order valence-corrected chi connectivity index (χ4v) is 9.58. The molecule has 1 heterocycles. The van der Waals surface area contributed by atoms with E-state index < -0.39 is 8.32 Å². The molecule has 0 unspecified atom stereocenters. The first-order valence-corrected chi connectivity index (χ1v) is 11.1. The summed E-state index contributed by atoms with van der Waals surface area (Å²) in [5.74, 6) is 0.0246. The first kappa shape index (κ1) is 18.9. The van der Waals surface area contributed by atoms with Gasteiger partial charge in [-0.15, -0.1) is 0 Å². The van der Waals surface area contributed by atoms with Crippen LogP contribution in [-0.2, 0) is 9.22 Å². The number of amides is 1. The van der Waals surface area contributed by atoms with Crippen LogP contribution in [0.15, 0.2) is 36.4 Å². The van der Waals surface area contributed by atoms with Gasteiger partial charge in [0, 0.05) is 0 Å². The van der Waals surface area contributed by atoms with Gasteiger partial charge in [0.25, 0.3) is 5.91 Å². The van der Waals surface area contributed by atoms with Gasteiger partial charge in [0.1, 0.15) is 6.10 Å². The number of rotatable bonds is 7. The van der Waals surface area contributed by atoms with E-state index in [0.717, 1.165) is 5.56 Å². The third-order valence-corrected chi connectivity index (χ3v) is 11.3. The van der Waals surface area contributed by atoms with Crippen molar-refractivity contribution in [2.45, 2.75) is 70.3 Å². The Morgan fingerprint density at radius 2 is 1.54 bits per heavy atom. The van der Waals surface area contributed by atoms with Crippen molar-refractivity contribution in [1.82, 2.24) is 5.32 Å². The van der Waals surface area contributed by atoms with E-state index >= 15 is 0 Å². The van der Waals surface area contributed by atoms with Crippen molar-refractivity contribution in [3.8, 4) is 0 Å². The van der Waals surface area contributed by atoms with Crippen molar-refractivity contribution in [3.63, 3.8) is 0 Å². The number of benzene rings is 1. The third-order valence-electron chi connectivity index (χ3n) is 5.23. The predicted molar refractivity (Wildman–Crippen MR) is 103 cm³/mol. The largest absolute Gasteiger partial charge is 0.402 e. The molecule has 1 fully saturated rings. The van der Waals surface area contributed by atoms with Gasteiger partial charge in [-0.1, -0.05) is 84.0 Å². The molecule has 0 spiro atoms. The Morgan fingerprint density at radius 1 is 1.00 bits per heavy atom. The lowest BCUT2D eigenvalue weighted by Gasteiger charge is -2.48. The molecule has 0 aliphatic carbocycles. The third kappa shape index (κ3) is 3.65. The van der Waals surface area contributed by atoms with E-state index in [9.17, 15) is 4.79 Å². The molecule has 3 nitrogen and oxygen atoms in total. The Kier molecular flexibility index (Phi) is 6.05. The number of hydrogen-bond donors (Lipinski definition) is 1. The average molecular weight is 346 g/mol. The van der Waals surface area contributed by atoms with Crippen molar-refractivity contribution in [2.24, 2.45) is 0 Å². The van der Waals surface area contributed by atoms with Crippen LogP contribution >= 0.6 is 0 Å². The molecule has 0 radical (unpaired) electrons. The highest BCUT2D eigenvalue weighted by Crippen LogP contribution is 2.44. The minimum atomic E-state index is -2.05. The van der Waals surface area contributed by atoms with E-state index in [1.165, 1.54) is 0 Å². The SMILES string of the molecule is CC(C)[Si](O[C@H]1C(=O)N[C@H]1C=Cc1ccccc1)(C(C)C)C(C)C. The van der Waals surface area contributed by atoms with Gasteiger partial charge in [0.05, 0.1) is 6.04 Å². The molecule has 2 atom stereocenters. The van der Waals surface area contributed by atoms with E-state index in [0.29, 0.717) is 16.6 Å². The van der Waals surface area contributed by atoms with E-state index in [2.05, 4.69) is 71.1 Å². The van der Waals surface area contributed by atoms with E-state index in [1.54, 1.807) is 0 Å². The highest BCUT2D eigenvalue weighted by atomic mass is 28.4. The molecule has 1 saturated heterocycles. The molecule has 0 bridgehead atoms. The number of carbonyl (C=O) groups is 1. The average Bonchev–Trinajstić information content (AvgIpc) is 2.51. The fraction of sp³-hybridized carbons (Fsp3) is 0.550. The van der Waals surface area contributed by atoms with Gasteiger partial charge in [0.2, 0.25) is 8.32 Å². The molecule has 0 aromatic heterocycles. The predicted octanol–water partition coefficient (Wildman–Crippen LogP) is 4.76. The van der Waals surface area contributed by atoms with Gasteiger partial charge < -0.3 is 9.74 Å². The zero-order chi connectivity index (χ0) is 17.9. The van der Waals surface area contributed by atoms with Crippen LogP contribution in [0.1, 0.15) is 47.1 Å². The summed E-state index contributed by atoms with van der Waals surface area (Å²) in [5, 5.41) is 2.97. The molecule has 1 N–H and O–H groups in total. The maximum Gasteiger partial charge on any atom is 0.250 e. The summed E-state index contributed by atoms with van der Waals surface area (Å²) < 4.78 is 6.65. The van der Waals surface area contributed by atoms with E-state index in [1.807, 2.05) is 18.2 Å². The quantitative estimate of drug-likeness (QED) is 0.571. The number of hydrogen-bond acceptors (Lipinski definition) is 2. The first-order valence-electron chi connectivity index (χ1n) is 9.00. The van der Waals surface area contributed by atoms with Crippen LogP contribution in [0.2, 0.25) is 16.6 Å². The molecule has 1 aromatic rings. The summed E-state index contributed by atoms with van der Waals surface area (Å²) in [4.78, 5) is 12.2.